The van der Waals surface area contributed by atoms with E-state index in [0.717, 1.165) is 33.8 Å². The zero-order chi connectivity index (χ0) is 22.3. The number of carbonyl (C=O) groups is 2. The van der Waals surface area contributed by atoms with Crippen LogP contribution in [-0.4, -0.2) is 21.5 Å². The number of hydrogen-bond acceptors (Lipinski definition) is 3. The molecule has 1 aromatic heterocycles. The maximum atomic E-state index is 13.3. The topological polar surface area (TPSA) is 54.3 Å². The molecule has 0 radical (unpaired) electrons. The lowest BCUT2D eigenvalue weighted by atomic mass is 10.1. The summed E-state index contributed by atoms with van der Waals surface area (Å²) < 4.78 is 2.10. The Morgan fingerprint density at radius 1 is 0.871 bits per heavy atom. The molecule has 0 saturated carbocycles. The van der Waals surface area contributed by atoms with Gasteiger partial charge in [0.15, 0.2) is 5.11 Å². The molecule has 31 heavy (non-hydrogen) atoms. The van der Waals surface area contributed by atoms with Gasteiger partial charge < -0.3 is 4.57 Å². The van der Waals surface area contributed by atoms with Crippen molar-refractivity contribution in [2.45, 2.75) is 27.7 Å². The maximum Gasteiger partial charge on any atom is 0.270 e. The number of aryl methyl sites for hydroxylation is 3. The van der Waals surface area contributed by atoms with Crippen LogP contribution in [-0.2, 0) is 9.59 Å². The van der Waals surface area contributed by atoms with Gasteiger partial charge in [0.05, 0.1) is 5.69 Å². The van der Waals surface area contributed by atoms with Crippen molar-refractivity contribution in [1.29, 1.82) is 0 Å². The van der Waals surface area contributed by atoms with Crippen LogP contribution in [0, 0.1) is 27.7 Å². The molecule has 0 atom stereocenters. The first-order chi connectivity index (χ1) is 14.8. The average molecular weight is 430 g/mol. The van der Waals surface area contributed by atoms with E-state index in [1.54, 1.807) is 6.08 Å². The van der Waals surface area contributed by atoms with E-state index >= 15 is 0 Å². The Morgan fingerprint density at radius 3 is 2.16 bits per heavy atom. The highest BCUT2D eigenvalue weighted by atomic mass is 32.1. The first-order valence-corrected chi connectivity index (χ1v) is 10.4. The minimum absolute atomic E-state index is 0.0565. The van der Waals surface area contributed by atoms with Crippen LogP contribution < -0.4 is 10.2 Å². The Balaban J connectivity index is 1.78. The lowest BCUT2D eigenvalue weighted by Crippen LogP contribution is -2.54. The van der Waals surface area contributed by atoms with Crippen molar-refractivity contribution >= 4 is 40.9 Å². The lowest BCUT2D eigenvalue weighted by molar-refractivity contribution is -0.122. The van der Waals surface area contributed by atoms with Crippen LogP contribution in [0.5, 0.6) is 0 Å². The third-order valence-corrected chi connectivity index (χ3v) is 5.64. The second-order valence-corrected chi connectivity index (χ2v) is 8.19. The highest BCUT2D eigenvalue weighted by molar-refractivity contribution is 7.80. The number of thiocarbonyl (C=S) groups is 1. The summed E-state index contributed by atoms with van der Waals surface area (Å²) in [5.74, 6) is -0.914. The van der Waals surface area contributed by atoms with E-state index in [2.05, 4.69) is 9.88 Å². The minimum atomic E-state index is -0.486. The fourth-order valence-electron chi connectivity index (χ4n) is 4.04. The third-order valence-electron chi connectivity index (χ3n) is 5.35. The predicted octanol–water partition coefficient (Wildman–Crippen LogP) is 4.54. The van der Waals surface area contributed by atoms with E-state index in [4.69, 9.17) is 12.2 Å². The van der Waals surface area contributed by atoms with Crippen molar-refractivity contribution < 1.29 is 9.59 Å². The van der Waals surface area contributed by atoms with Gasteiger partial charge in [0.25, 0.3) is 11.8 Å². The number of nitrogens with one attached hydrogen (secondary N) is 1. The van der Waals surface area contributed by atoms with Crippen molar-refractivity contribution in [1.82, 2.24) is 9.88 Å². The first-order valence-electron chi connectivity index (χ1n) is 10.0. The van der Waals surface area contributed by atoms with Crippen LogP contribution in [0.3, 0.4) is 0 Å². The Hall–Kier alpha value is -3.51. The summed E-state index contributed by atoms with van der Waals surface area (Å²) in [6.45, 7) is 7.90. The van der Waals surface area contributed by atoms with Crippen molar-refractivity contribution in [3.8, 4) is 5.69 Å². The molecule has 1 N–H and O–H groups in total. The summed E-state index contributed by atoms with van der Waals surface area (Å²) >= 11 is 5.32. The molecule has 1 saturated heterocycles. The van der Waals surface area contributed by atoms with Gasteiger partial charge in [-0.1, -0.05) is 24.3 Å². The Morgan fingerprint density at radius 2 is 1.52 bits per heavy atom. The SMILES string of the molecule is Cc1cc(C)cc(N2C(=O)/C(=C/c3cc(C)n(-c4ccccc4)c3C)C(=O)NC2=S)c1. The van der Waals surface area contributed by atoms with Gasteiger partial charge in [0.2, 0.25) is 0 Å². The second kappa shape index (κ2) is 7.96. The van der Waals surface area contributed by atoms with Crippen molar-refractivity contribution in [3.63, 3.8) is 0 Å². The Kier molecular flexibility index (Phi) is 5.33. The second-order valence-electron chi connectivity index (χ2n) is 7.80. The van der Waals surface area contributed by atoms with Crippen molar-refractivity contribution in [2.75, 3.05) is 4.90 Å². The molecule has 0 bridgehead atoms. The van der Waals surface area contributed by atoms with Gasteiger partial charge in [-0.3, -0.25) is 19.8 Å². The van der Waals surface area contributed by atoms with Gasteiger partial charge in [0.1, 0.15) is 5.57 Å². The molecule has 3 aromatic rings. The molecular weight excluding hydrogens is 406 g/mol. The van der Waals surface area contributed by atoms with E-state index in [0.29, 0.717) is 5.69 Å². The number of amides is 2. The van der Waals surface area contributed by atoms with Gasteiger partial charge in [-0.25, -0.2) is 0 Å². The molecule has 1 aliphatic rings. The molecule has 1 fully saturated rings. The molecule has 2 amide bonds. The summed E-state index contributed by atoms with van der Waals surface area (Å²) in [4.78, 5) is 27.4. The smallest absolute Gasteiger partial charge is 0.270 e. The fraction of sp³-hybridized carbons (Fsp3) is 0.160. The number of nitrogens with zero attached hydrogens (tertiary/aromatic N) is 2. The van der Waals surface area contributed by atoms with E-state index in [1.165, 1.54) is 4.90 Å². The molecule has 2 heterocycles. The molecular formula is C25H23N3O2S. The van der Waals surface area contributed by atoms with Crippen LogP contribution in [0.15, 0.2) is 60.2 Å². The Bertz CT molecular complexity index is 1240. The molecule has 0 aliphatic carbocycles. The molecule has 0 spiro atoms. The van der Waals surface area contributed by atoms with E-state index in [-0.39, 0.29) is 10.7 Å². The van der Waals surface area contributed by atoms with Gasteiger partial charge in [0, 0.05) is 17.1 Å². The van der Waals surface area contributed by atoms with Crippen molar-refractivity contribution in [2.24, 2.45) is 0 Å². The number of anilines is 1. The molecule has 2 aromatic carbocycles. The van der Waals surface area contributed by atoms with E-state index < -0.39 is 11.8 Å². The van der Waals surface area contributed by atoms with Crippen LogP contribution >= 0.6 is 12.2 Å². The third kappa shape index (κ3) is 3.82. The van der Waals surface area contributed by atoms with Crippen LogP contribution in [0.25, 0.3) is 11.8 Å². The largest absolute Gasteiger partial charge is 0.318 e. The molecule has 0 unspecified atom stereocenters. The van der Waals surface area contributed by atoms with E-state index in [1.807, 2.05) is 82.3 Å². The van der Waals surface area contributed by atoms with Crippen LogP contribution in [0.1, 0.15) is 28.1 Å². The lowest BCUT2D eigenvalue weighted by Gasteiger charge is -2.29. The molecule has 5 nitrogen and oxygen atoms in total. The number of aromatic nitrogens is 1. The molecule has 156 valence electrons. The summed E-state index contributed by atoms with van der Waals surface area (Å²) in [5.41, 5.74) is 6.53. The number of para-hydroxylation sites is 1. The zero-order valence-corrected chi connectivity index (χ0v) is 18.7. The number of benzene rings is 2. The minimum Gasteiger partial charge on any atom is -0.318 e. The summed E-state index contributed by atoms with van der Waals surface area (Å²) in [7, 11) is 0. The van der Waals surface area contributed by atoms with Crippen LogP contribution in [0.2, 0.25) is 0 Å². The summed E-state index contributed by atoms with van der Waals surface area (Å²) in [6.07, 6.45) is 1.65. The monoisotopic (exact) mass is 429 g/mol. The normalized spacial score (nSPS) is 15.5. The molecule has 1 aliphatic heterocycles. The highest BCUT2D eigenvalue weighted by Crippen LogP contribution is 2.27. The standard InChI is InChI=1S/C25H23N3O2S/c1-15-10-16(2)12-21(11-15)28-24(30)22(23(29)26-25(28)31)14-19-13-17(3)27(18(19)4)20-8-6-5-7-9-20/h5-14H,1-4H3,(H,26,29,31)/b22-14+. The van der Waals surface area contributed by atoms with Gasteiger partial charge in [-0.05, 0) is 93.0 Å². The number of carbonyl (C=O) groups excluding carboxylic acids is 2. The zero-order valence-electron chi connectivity index (χ0n) is 17.9. The predicted molar refractivity (Wildman–Crippen MR) is 127 cm³/mol. The van der Waals surface area contributed by atoms with Crippen molar-refractivity contribution in [3.05, 3.63) is 88.2 Å². The quantitative estimate of drug-likeness (QED) is 0.378. The average Bonchev–Trinajstić information content (AvgIpc) is 2.98. The summed E-state index contributed by atoms with van der Waals surface area (Å²) in [5, 5.41) is 2.75. The molecule has 4 rings (SSSR count). The fourth-order valence-corrected chi connectivity index (χ4v) is 4.32. The number of hydrogen-bond donors (Lipinski definition) is 1. The van der Waals surface area contributed by atoms with Gasteiger partial charge in [-0.2, -0.15) is 0 Å². The Labute approximate surface area is 187 Å². The first kappa shape index (κ1) is 20.8. The van der Waals surface area contributed by atoms with E-state index in [9.17, 15) is 9.59 Å². The molecule has 6 heteroatoms. The highest BCUT2D eigenvalue weighted by Gasteiger charge is 2.35. The maximum absolute atomic E-state index is 13.3. The van der Waals surface area contributed by atoms with Gasteiger partial charge >= 0.3 is 0 Å². The van der Waals surface area contributed by atoms with Crippen LogP contribution in [0.4, 0.5) is 5.69 Å². The summed E-state index contributed by atoms with van der Waals surface area (Å²) in [6, 6.07) is 17.7. The van der Waals surface area contributed by atoms with Gasteiger partial charge in [-0.15, -0.1) is 0 Å². The number of rotatable bonds is 3.